The van der Waals surface area contributed by atoms with E-state index in [2.05, 4.69) is 36.3 Å². The average Bonchev–Trinajstić information content (AvgIpc) is 2.78. The number of likely N-dealkylation sites (N-methyl/N-ethyl adjacent to an activating group) is 2. The highest BCUT2D eigenvalue weighted by atomic mass is 16.5. The second-order valence-electron chi connectivity index (χ2n) is 5.23. The zero-order chi connectivity index (χ0) is 11.5. The second-order valence-corrected chi connectivity index (χ2v) is 5.23. The molecule has 2 aliphatic heterocycles. The lowest BCUT2D eigenvalue weighted by atomic mass is 10.0. The van der Waals surface area contributed by atoms with Crippen molar-refractivity contribution in [2.45, 2.75) is 31.0 Å². The maximum absolute atomic E-state index is 5.63. The van der Waals surface area contributed by atoms with Gasteiger partial charge in [-0.2, -0.15) is 0 Å². The van der Waals surface area contributed by atoms with E-state index in [9.17, 15) is 0 Å². The Balaban J connectivity index is 1.91. The zero-order valence-corrected chi connectivity index (χ0v) is 10.8. The summed E-state index contributed by atoms with van der Waals surface area (Å²) in [5.74, 6) is 0. The van der Waals surface area contributed by atoms with Gasteiger partial charge in [-0.15, -0.1) is 0 Å². The number of likely N-dealkylation sites (tertiary alicyclic amines) is 1. The first-order chi connectivity index (χ1) is 7.72. The Hall–Kier alpha value is -0.160. The van der Waals surface area contributed by atoms with E-state index in [0.717, 1.165) is 25.7 Å². The van der Waals surface area contributed by atoms with Crippen LogP contribution in [-0.2, 0) is 4.74 Å². The smallest absolute Gasteiger partial charge is 0.0637 e. The second kappa shape index (κ2) is 5.45. The molecule has 94 valence electrons. The molecule has 3 unspecified atom stereocenters. The molecule has 0 spiro atoms. The molecule has 3 atom stereocenters. The Bertz CT molecular complexity index is 222. The number of nitrogens with zero attached hydrogens (tertiary/aromatic N) is 2. The first kappa shape index (κ1) is 12.3. The molecule has 0 saturated carbocycles. The summed E-state index contributed by atoms with van der Waals surface area (Å²) >= 11 is 0. The SMILES string of the molecule is CNC1CCOCC1N1CCC(N(C)C)C1. The van der Waals surface area contributed by atoms with Gasteiger partial charge in [0.15, 0.2) is 0 Å². The first-order valence-electron chi connectivity index (χ1n) is 6.38. The monoisotopic (exact) mass is 227 g/mol. The highest BCUT2D eigenvalue weighted by Crippen LogP contribution is 2.21. The molecule has 16 heavy (non-hydrogen) atoms. The van der Waals surface area contributed by atoms with Gasteiger partial charge in [-0.05, 0) is 34.0 Å². The Morgan fingerprint density at radius 2 is 2.12 bits per heavy atom. The van der Waals surface area contributed by atoms with Crippen LogP contribution in [-0.4, -0.2) is 75.4 Å². The standard InChI is InChI=1S/C12H25N3O/c1-13-11-5-7-16-9-12(11)15-6-4-10(8-15)14(2)3/h10-13H,4-9H2,1-3H3. The molecule has 1 N–H and O–H groups in total. The predicted octanol–water partition coefficient (Wildman–Crippen LogP) is -0.000800. The van der Waals surface area contributed by atoms with Gasteiger partial charge in [0, 0.05) is 37.8 Å². The van der Waals surface area contributed by atoms with Crippen molar-refractivity contribution in [2.24, 2.45) is 0 Å². The molecule has 2 heterocycles. The summed E-state index contributed by atoms with van der Waals surface area (Å²) in [5.41, 5.74) is 0. The molecule has 0 amide bonds. The highest BCUT2D eigenvalue weighted by Gasteiger charge is 2.34. The minimum atomic E-state index is 0.573. The third-order valence-corrected chi connectivity index (χ3v) is 4.09. The van der Waals surface area contributed by atoms with E-state index in [-0.39, 0.29) is 0 Å². The molecule has 2 fully saturated rings. The van der Waals surface area contributed by atoms with Crippen molar-refractivity contribution in [1.82, 2.24) is 15.1 Å². The maximum atomic E-state index is 5.63. The summed E-state index contributed by atoms with van der Waals surface area (Å²) in [6, 6.07) is 1.90. The van der Waals surface area contributed by atoms with Gasteiger partial charge in [0.05, 0.1) is 6.61 Å². The minimum Gasteiger partial charge on any atom is -0.380 e. The molecule has 0 aromatic heterocycles. The van der Waals surface area contributed by atoms with Gasteiger partial charge in [0.25, 0.3) is 0 Å². The topological polar surface area (TPSA) is 27.7 Å². The van der Waals surface area contributed by atoms with Gasteiger partial charge in [0.2, 0.25) is 0 Å². The van der Waals surface area contributed by atoms with E-state index in [1.807, 2.05) is 0 Å². The molecular weight excluding hydrogens is 202 g/mol. The van der Waals surface area contributed by atoms with E-state index in [1.54, 1.807) is 0 Å². The molecule has 0 aliphatic carbocycles. The number of ether oxygens (including phenoxy) is 1. The average molecular weight is 227 g/mol. The van der Waals surface area contributed by atoms with Crippen LogP contribution >= 0.6 is 0 Å². The lowest BCUT2D eigenvalue weighted by molar-refractivity contribution is 0.00518. The van der Waals surface area contributed by atoms with Gasteiger partial charge < -0.3 is 15.0 Å². The summed E-state index contributed by atoms with van der Waals surface area (Å²) in [6.45, 7) is 4.22. The van der Waals surface area contributed by atoms with Crippen molar-refractivity contribution in [3.63, 3.8) is 0 Å². The van der Waals surface area contributed by atoms with Crippen molar-refractivity contribution in [2.75, 3.05) is 47.4 Å². The van der Waals surface area contributed by atoms with Gasteiger partial charge in [-0.3, -0.25) is 4.90 Å². The van der Waals surface area contributed by atoms with E-state index in [1.165, 1.54) is 19.5 Å². The number of hydrogen-bond acceptors (Lipinski definition) is 4. The normalized spacial score (nSPS) is 37.1. The van der Waals surface area contributed by atoms with Gasteiger partial charge in [0.1, 0.15) is 0 Å². The lowest BCUT2D eigenvalue weighted by Gasteiger charge is -2.37. The van der Waals surface area contributed by atoms with E-state index in [4.69, 9.17) is 4.74 Å². The van der Waals surface area contributed by atoms with Crippen LogP contribution in [0.5, 0.6) is 0 Å². The van der Waals surface area contributed by atoms with Gasteiger partial charge >= 0.3 is 0 Å². The fraction of sp³-hybridized carbons (Fsp3) is 1.00. The largest absolute Gasteiger partial charge is 0.380 e. The number of nitrogens with one attached hydrogen (secondary N) is 1. The molecule has 2 aliphatic rings. The van der Waals surface area contributed by atoms with Crippen LogP contribution in [0.25, 0.3) is 0 Å². The third-order valence-electron chi connectivity index (χ3n) is 4.09. The molecule has 2 saturated heterocycles. The predicted molar refractivity (Wildman–Crippen MR) is 65.7 cm³/mol. The van der Waals surface area contributed by atoms with Crippen LogP contribution in [0.3, 0.4) is 0 Å². The molecule has 0 aromatic rings. The van der Waals surface area contributed by atoms with Crippen LogP contribution in [0.1, 0.15) is 12.8 Å². The summed E-state index contributed by atoms with van der Waals surface area (Å²) in [7, 11) is 6.44. The molecule has 2 rings (SSSR count). The van der Waals surface area contributed by atoms with Crippen molar-refractivity contribution in [3.05, 3.63) is 0 Å². The fourth-order valence-corrected chi connectivity index (χ4v) is 2.91. The van der Waals surface area contributed by atoms with Crippen LogP contribution in [0, 0.1) is 0 Å². The van der Waals surface area contributed by atoms with E-state index >= 15 is 0 Å². The fourth-order valence-electron chi connectivity index (χ4n) is 2.91. The molecule has 4 heteroatoms. The number of hydrogen-bond donors (Lipinski definition) is 1. The van der Waals surface area contributed by atoms with Crippen LogP contribution in [0.2, 0.25) is 0 Å². The quantitative estimate of drug-likeness (QED) is 0.734. The molecule has 0 bridgehead atoms. The summed E-state index contributed by atoms with van der Waals surface area (Å²) < 4.78 is 5.63. The minimum absolute atomic E-state index is 0.573. The molecule has 0 radical (unpaired) electrons. The Labute approximate surface area is 98.9 Å². The third kappa shape index (κ3) is 2.56. The molecule has 0 aromatic carbocycles. The zero-order valence-electron chi connectivity index (χ0n) is 10.8. The molecular formula is C12H25N3O. The lowest BCUT2D eigenvalue weighted by Crippen LogP contribution is -2.54. The first-order valence-corrected chi connectivity index (χ1v) is 6.38. The summed E-state index contributed by atoms with van der Waals surface area (Å²) in [5, 5.41) is 3.44. The van der Waals surface area contributed by atoms with Gasteiger partial charge in [-0.25, -0.2) is 0 Å². The van der Waals surface area contributed by atoms with Crippen molar-refractivity contribution in [1.29, 1.82) is 0 Å². The highest BCUT2D eigenvalue weighted by molar-refractivity contribution is 4.92. The summed E-state index contributed by atoms with van der Waals surface area (Å²) in [6.07, 6.45) is 2.43. The summed E-state index contributed by atoms with van der Waals surface area (Å²) in [4.78, 5) is 4.95. The Kier molecular flexibility index (Phi) is 4.19. The van der Waals surface area contributed by atoms with Crippen molar-refractivity contribution in [3.8, 4) is 0 Å². The van der Waals surface area contributed by atoms with Crippen LogP contribution < -0.4 is 5.32 Å². The van der Waals surface area contributed by atoms with Crippen LogP contribution in [0.15, 0.2) is 0 Å². The van der Waals surface area contributed by atoms with Crippen LogP contribution in [0.4, 0.5) is 0 Å². The Morgan fingerprint density at radius 3 is 2.75 bits per heavy atom. The molecule has 4 nitrogen and oxygen atoms in total. The van der Waals surface area contributed by atoms with E-state index in [0.29, 0.717) is 12.1 Å². The van der Waals surface area contributed by atoms with Gasteiger partial charge in [-0.1, -0.05) is 0 Å². The van der Waals surface area contributed by atoms with E-state index < -0.39 is 0 Å². The Morgan fingerprint density at radius 1 is 1.31 bits per heavy atom. The van der Waals surface area contributed by atoms with Crippen molar-refractivity contribution >= 4 is 0 Å². The number of rotatable bonds is 3. The maximum Gasteiger partial charge on any atom is 0.0637 e. The van der Waals surface area contributed by atoms with Crippen molar-refractivity contribution < 1.29 is 4.74 Å².